The normalized spacial score (nSPS) is 10.6. The van der Waals surface area contributed by atoms with Crippen LogP contribution < -0.4 is 4.72 Å². The molecule has 0 radical (unpaired) electrons. The molecule has 0 spiro atoms. The minimum atomic E-state index is -3.46. The topological polar surface area (TPSA) is 46.2 Å². The Morgan fingerprint density at radius 3 is 2.44 bits per heavy atom. The van der Waals surface area contributed by atoms with E-state index in [4.69, 9.17) is 11.6 Å². The van der Waals surface area contributed by atoms with Crippen LogP contribution in [-0.4, -0.2) is 20.8 Å². The van der Waals surface area contributed by atoms with Crippen molar-refractivity contribution in [2.75, 3.05) is 12.4 Å². The number of hydrogen-bond donors (Lipinski definition) is 1. The van der Waals surface area contributed by atoms with Gasteiger partial charge in [0.1, 0.15) is 0 Å². The highest BCUT2D eigenvalue weighted by atomic mass is 127. The SMILES string of the molecule is O=S(=O)(NCC#CCCl)c1ccc(I)cc1. The number of hydrogen-bond acceptors (Lipinski definition) is 2. The zero-order chi connectivity index (χ0) is 12.0. The molecule has 1 rings (SSSR count). The molecule has 16 heavy (non-hydrogen) atoms. The van der Waals surface area contributed by atoms with E-state index >= 15 is 0 Å². The molecule has 0 atom stereocenters. The first kappa shape index (κ1) is 13.8. The third-order valence-corrected chi connectivity index (χ3v) is 3.94. The molecule has 0 amide bonds. The van der Waals surface area contributed by atoms with Crippen molar-refractivity contribution >= 4 is 44.2 Å². The molecule has 3 nitrogen and oxygen atoms in total. The summed E-state index contributed by atoms with van der Waals surface area (Å²) >= 11 is 7.45. The Kier molecular flexibility index (Phi) is 5.55. The lowest BCUT2D eigenvalue weighted by Gasteiger charge is -2.03. The van der Waals surface area contributed by atoms with Crippen molar-refractivity contribution in [1.29, 1.82) is 0 Å². The van der Waals surface area contributed by atoms with Crippen LogP contribution in [0.4, 0.5) is 0 Å². The van der Waals surface area contributed by atoms with Gasteiger partial charge in [-0.3, -0.25) is 0 Å². The number of rotatable bonds is 3. The lowest BCUT2D eigenvalue weighted by atomic mass is 10.4. The second-order valence-electron chi connectivity index (χ2n) is 2.77. The summed E-state index contributed by atoms with van der Waals surface area (Å²) in [5.74, 6) is 5.37. The molecule has 0 fully saturated rings. The third kappa shape index (κ3) is 4.29. The van der Waals surface area contributed by atoms with Crippen LogP contribution in [-0.2, 0) is 10.0 Å². The van der Waals surface area contributed by atoms with Gasteiger partial charge in [-0.1, -0.05) is 11.8 Å². The van der Waals surface area contributed by atoms with E-state index in [0.29, 0.717) is 0 Å². The number of sulfonamides is 1. The Hall–Kier alpha value is -0.290. The molecule has 0 aromatic heterocycles. The van der Waals surface area contributed by atoms with E-state index in [0.717, 1.165) is 3.57 Å². The van der Waals surface area contributed by atoms with E-state index in [-0.39, 0.29) is 17.3 Å². The van der Waals surface area contributed by atoms with E-state index in [1.54, 1.807) is 24.3 Å². The van der Waals surface area contributed by atoms with Crippen molar-refractivity contribution in [3.63, 3.8) is 0 Å². The van der Waals surface area contributed by atoms with Crippen LogP contribution in [0.1, 0.15) is 0 Å². The average molecular weight is 370 g/mol. The second-order valence-corrected chi connectivity index (χ2v) is 6.05. The zero-order valence-electron chi connectivity index (χ0n) is 8.20. The minimum Gasteiger partial charge on any atom is -0.207 e. The Balaban J connectivity index is 2.74. The Bertz CT molecular complexity index is 502. The maximum Gasteiger partial charge on any atom is 0.241 e. The maximum absolute atomic E-state index is 11.7. The van der Waals surface area contributed by atoms with Crippen LogP contribution in [0.2, 0.25) is 0 Å². The summed E-state index contributed by atoms with van der Waals surface area (Å²) in [6.45, 7) is 0.0705. The van der Waals surface area contributed by atoms with Crippen LogP contribution in [0.3, 0.4) is 0 Å². The van der Waals surface area contributed by atoms with Gasteiger partial charge >= 0.3 is 0 Å². The molecular weight excluding hydrogens is 361 g/mol. The summed E-state index contributed by atoms with van der Waals surface area (Å²) in [6, 6.07) is 6.58. The monoisotopic (exact) mass is 369 g/mol. The van der Waals surface area contributed by atoms with E-state index in [1.807, 2.05) is 0 Å². The molecule has 1 aromatic carbocycles. The lowest BCUT2D eigenvalue weighted by Crippen LogP contribution is -2.23. The largest absolute Gasteiger partial charge is 0.241 e. The van der Waals surface area contributed by atoms with Gasteiger partial charge in [-0.05, 0) is 46.9 Å². The van der Waals surface area contributed by atoms with E-state index < -0.39 is 10.0 Å². The van der Waals surface area contributed by atoms with Crippen molar-refractivity contribution in [2.45, 2.75) is 4.90 Å². The summed E-state index contributed by atoms with van der Waals surface area (Å²) in [5.41, 5.74) is 0. The first-order valence-corrected chi connectivity index (χ1v) is 7.43. The zero-order valence-corrected chi connectivity index (χ0v) is 11.9. The number of alkyl halides is 1. The molecule has 0 heterocycles. The molecule has 0 aliphatic rings. The highest BCUT2D eigenvalue weighted by Crippen LogP contribution is 2.11. The first-order chi connectivity index (χ1) is 7.56. The number of halogens is 2. The Morgan fingerprint density at radius 2 is 1.88 bits per heavy atom. The van der Waals surface area contributed by atoms with Gasteiger partial charge in [0.2, 0.25) is 10.0 Å². The molecule has 1 N–H and O–H groups in total. The van der Waals surface area contributed by atoms with Crippen molar-refractivity contribution in [2.24, 2.45) is 0 Å². The lowest BCUT2D eigenvalue weighted by molar-refractivity contribution is 0.586. The van der Waals surface area contributed by atoms with E-state index in [2.05, 4.69) is 39.2 Å². The standard InChI is InChI=1S/C10H9ClINO2S/c11-7-1-2-8-13-16(14,15)10-5-3-9(12)4-6-10/h3-6,13H,7-8H2. The number of nitrogens with one attached hydrogen (secondary N) is 1. The van der Waals surface area contributed by atoms with Crippen molar-refractivity contribution in [3.05, 3.63) is 27.8 Å². The maximum atomic E-state index is 11.7. The van der Waals surface area contributed by atoms with Gasteiger partial charge in [-0.2, -0.15) is 4.72 Å². The third-order valence-electron chi connectivity index (χ3n) is 1.67. The highest BCUT2D eigenvalue weighted by molar-refractivity contribution is 14.1. The van der Waals surface area contributed by atoms with Crippen molar-refractivity contribution < 1.29 is 8.42 Å². The minimum absolute atomic E-state index is 0.0705. The summed E-state index contributed by atoms with van der Waals surface area (Å²) in [4.78, 5) is 0.237. The van der Waals surface area contributed by atoms with Crippen molar-refractivity contribution in [1.82, 2.24) is 4.72 Å². The summed E-state index contributed by atoms with van der Waals surface area (Å²) in [7, 11) is -3.46. The van der Waals surface area contributed by atoms with Gasteiger partial charge in [0, 0.05) is 3.57 Å². The van der Waals surface area contributed by atoms with Crippen molar-refractivity contribution in [3.8, 4) is 11.8 Å². The highest BCUT2D eigenvalue weighted by Gasteiger charge is 2.11. The van der Waals surface area contributed by atoms with Gasteiger partial charge in [-0.15, -0.1) is 11.6 Å². The molecule has 0 saturated carbocycles. The molecule has 0 bridgehead atoms. The van der Waals surface area contributed by atoms with Gasteiger partial charge in [0.15, 0.2) is 0 Å². The molecule has 1 aromatic rings. The smallest absolute Gasteiger partial charge is 0.207 e. The quantitative estimate of drug-likeness (QED) is 0.502. The molecule has 0 saturated heterocycles. The average Bonchev–Trinajstić information content (AvgIpc) is 2.25. The van der Waals surface area contributed by atoms with Crippen LogP contribution >= 0.6 is 34.2 Å². The summed E-state index contributed by atoms with van der Waals surface area (Å²) < 4.78 is 26.7. The Morgan fingerprint density at radius 1 is 1.25 bits per heavy atom. The van der Waals surface area contributed by atoms with Crippen LogP contribution in [0.25, 0.3) is 0 Å². The number of benzene rings is 1. The predicted molar refractivity (Wildman–Crippen MR) is 72.8 cm³/mol. The molecular formula is C10H9ClINO2S. The molecule has 6 heteroatoms. The molecule has 0 unspecified atom stereocenters. The fourth-order valence-electron chi connectivity index (χ4n) is 0.938. The fourth-order valence-corrected chi connectivity index (χ4v) is 2.32. The summed E-state index contributed by atoms with van der Waals surface area (Å²) in [6.07, 6.45) is 0. The fraction of sp³-hybridized carbons (Fsp3) is 0.200. The van der Waals surface area contributed by atoms with Gasteiger partial charge in [0.25, 0.3) is 0 Å². The van der Waals surface area contributed by atoms with Crippen LogP contribution in [0.5, 0.6) is 0 Å². The van der Waals surface area contributed by atoms with Gasteiger partial charge < -0.3 is 0 Å². The first-order valence-electron chi connectivity index (χ1n) is 4.33. The van der Waals surface area contributed by atoms with Crippen LogP contribution in [0, 0.1) is 15.4 Å². The summed E-state index contributed by atoms with van der Waals surface area (Å²) in [5, 5.41) is 0. The second kappa shape index (κ2) is 6.45. The van der Waals surface area contributed by atoms with E-state index in [1.165, 1.54) is 0 Å². The van der Waals surface area contributed by atoms with E-state index in [9.17, 15) is 8.42 Å². The van der Waals surface area contributed by atoms with Crippen LogP contribution in [0.15, 0.2) is 29.2 Å². The van der Waals surface area contributed by atoms with Gasteiger partial charge in [-0.25, -0.2) is 8.42 Å². The molecule has 0 aliphatic carbocycles. The van der Waals surface area contributed by atoms with Gasteiger partial charge in [0.05, 0.1) is 17.3 Å². The molecule has 86 valence electrons. The predicted octanol–water partition coefficient (Wildman–Crippen LogP) is 1.81. The Labute approximate surface area is 114 Å². The molecule has 0 aliphatic heterocycles.